The van der Waals surface area contributed by atoms with E-state index in [2.05, 4.69) is 20.6 Å². The Labute approximate surface area is 95.3 Å². The normalized spacial score (nSPS) is 10.3. The second kappa shape index (κ2) is 4.27. The van der Waals surface area contributed by atoms with Gasteiger partial charge in [-0.1, -0.05) is 11.3 Å². The van der Waals surface area contributed by atoms with Gasteiger partial charge < -0.3 is 5.73 Å². The number of amides is 1. The van der Waals surface area contributed by atoms with Gasteiger partial charge in [0.05, 0.1) is 11.9 Å². The van der Waals surface area contributed by atoms with Crippen molar-refractivity contribution >= 4 is 28.1 Å². The summed E-state index contributed by atoms with van der Waals surface area (Å²) < 4.78 is 1.46. The Bertz CT molecular complexity index is 460. The Morgan fingerprint density at radius 3 is 3.00 bits per heavy atom. The van der Waals surface area contributed by atoms with Crippen LogP contribution in [0.1, 0.15) is 5.01 Å². The zero-order valence-electron chi connectivity index (χ0n) is 8.54. The zero-order chi connectivity index (χ0) is 11.5. The van der Waals surface area contributed by atoms with Crippen molar-refractivity contribution in [3.63, 3.8) is 0 Å². The molecule has 0 unspecified atom stereocenters. The predicted molar refractivity (Wildman–Crippen MR) is 59.9 cm³/mol. The van der Waals surface area contributed by atoms with Crippen LogP contribution in [-0.4, -0.2) is 25.9 Å². The number of aryl methyl sites for hydroxylation is 1. The molecule has 0 aromatic carbocycles. The van der Waals surface area contributed by atoms with Crippen LogP contribution >= 0.6 is 11.3 Å². The molecule has 7 nitrogen and oxygen atoms in total. The monoisotopic (exact) mass is 238 g/mol. The highest BCUT2D eigenvalue weighted by atomic mass is 32.1. The van der Waals surface area contributed by atoms with Gasteiger partial charge in [0.2, 0.25) is 11.0 Å². The number of hydrogen-bond donors (Lipinski definition) is 2. The summed E-state index contributed by atoms with van der Waals surface area (Å²) in [6, 6.07) is 0. The van der Waals surface area contributed by atoms with Gasteiger partial charge in [-0.25, -0.2) is 0 Å². The van der Waals surface area contributed by atoms with E-state index in [4.69, 9.17) is 5.73 Å². The van der Waals surface area contributed by atoms with Crippen molar-refractivity contribution in [1.82, 2.24) is 20.0 Å². The number of aromatic nitrogens is 4. The number of nitrogen functional groups attached to an aromatic ring is 1. The molecule has 0 aliphatic rings. The summed E-state index contributed by atoms with van der Waals surface area (Å²) in [6.45, 7) is 1.93. The van der Waals surface area contributed by atoms with Crippen LogP contribution in [0.15, 0.2) is 12.4 Å². The number of nitrogens with zero attached hydrogens (tertiary/aromatic N) is 4. The fourth-order valence-corrected chi connectivity index (χ4v) is 1.73. The van der Waals surface area contributed by atoms with E-state index >= 15 is 0 Å². The van der Waals surface area contributed by atoms with Crippen LogP contribution in [0.2, 0.25) is 0 Å². The van der Waals surface area contributed by atoms with E-state index in [9.17, 15) is 4.79 Å². The molecule has 16 heavy (non-hydrogen) atoms. The molecule has 2 aromatic rings. The first kappa shape index (κ1) is 10.6. The summed E-state index contributed by atoms with van der Waals surface area (Å²) in [4.78, 5) is 11.5. The Kier molecular flexibility index (Phi) is 2.82. The van der Waals surface area contributed by atoms with Gasteiger partial charge in [0.25, 0.3) is 0 Å². The summed E-state index contributed by atoms with van der Waals surface area (Å²) in [7, 11) is 0. The first-order valence-corrected chi connectivity index (χ1v) is 5.33. The van der Waals surface area contributed by atoms with Crippen molar-refractivity contribution in [3.05, 3.63) is 17.4 Å². The third-order valence-corrected chi connectivity index (χ3v) is 2.49. The Hall–Kier alpha value is -1.96. The van der Waals surface area contributed by atoms with E-state index in [0.29, 0.717) is 10.8 Å². The van der Waals surface area contributed by atoms with E-state index in [1.807, 2.05) is 6.92 Å². The van der Waals surface area contributed by atoms with Crippen LogP contribution in [0.5, 0.6) is 0 Å². The maximum atomic E-state index is 11.5. The van der Waals surface area contributed by atoms with Gasteiger partial charge in [-0.05, 0) is 6.92 Å². The van der Waals surface area contributed by atoms with E-state index < -0.39 is 0 Å². The largest absolute Gasteiger partial charge is 0.396 e. The maximum Gasteiger partial charge on any atom is 0.247 e. The number of rotatable bonds is 3. The van der Waals surface area contributed by atoms with Crippen LogP contribution in [0.25, 0.3) is 0 Å². The highest BCUT2D eigenvalue weighted by Gasteiger charge is 2.07. The molecule has 0 aliphatic carbocycles. The van der Waals surface area contributed by atoms with Gasteiger partial charge >= 0.3 is 0 Å². The van der Waals surface area contributed by atoms with Crippen molar-refractivity contribution in [2.24, 2.45) is 0 Å². The molecule has 2 rings (SSSR count). The van der Waals surface area contributed by atoms with Crippen LogP contribution in [-0.2, 0) is 11.3 Å². The Morgan fingerprint density at radius 2 is 2.44 bits per heavy atom. The molecule has 3 N–H and O–H groups in total. The first-order valence-electron chi connectivity index (χ1n) is 4.51. The second-order valence-corrected chi connectivity index (χ2v) is 4.33. The van der Waals surface area contributed by atoms with Gasteiger partial charge in [-0.3, -0.25) is 14.8 Å². The molecule has 0 bridgehead atoms. The van der Waals surface area contributed by atoms with Crippen molar-refractivity contribution in [3.8, 4) is 0 Å². The minimum absolute atomic E-state index is 0.107. The number of nitrogens with two attached hydrogens (primary N) is 1. The predicted octanol–water partition coefficient (Wildman–Crippen LogP) is 0.264. The highest BCUT2D eigenvalue weighted by molar-refractivity contribution is 7.15. The lowest BCUT2D eigenvalue weighted by molar-refractivity contribution is -0.116. The summed E-state index contributed by atoms with van der Waals surface area (Å²) >= 11 is 1.32. The number of hydrogen-bond acceptors (Lipinski definition) is 6. The van der Waals surface area contributed by atoms with E-state index in [1.54, 1.807) is 6.20 Å². The molecule has 0 aliphatic heterocycles. The molecule has 84 valence electrons. The molecule has 0 radical (unpaired) electrons. The molecule has 1 amide bonds. The molecule has 0 spiro atoms. The van der Waals surface area contributed by atoms with Gasteiger partial charge in [-0.15, -0.1) is 10.2 Å². The quantitative estimate of drug-likeness (QED) is 0.799. The van der Waals surface area contributed by atoms with E-state index in [1.165, 1.54) is 22.2 Å². The van der Waals surface area contributed by atoms with Crippen molar-refractivity contribution < 1.29 is 4.79 Å². The number of nitrogens with one attached hydrogen (secondary N) is 1. The molecule has 2 heterocycles. The first-order chi connectivity index (χ1) is 7.63. The van der Waals surface area contributed by atoms with Crippen LogP contribution in [0.4, 0.5) is 10.8 Å². The highest BCUT2D eigenvalue weighted by Crippen LogP contribution is 2.13. The lowest BCUT2D eigenvalue weighted by Crippen LogP contribution is -2.18. The SMILES string of the molecule is Cc1nnc(NC(=O)Cn2cc(N)cn2)s1. The van der Waals surface area contributed by atoms with Crippen LogP contribution in [0.3, 0.4) is 0 Å². The molecule has 0 saturated heterocycles. The van der Waals surface area contributed by atoms with Gasteiger partial charge in [0, 0.05) is 6.20 Å². The minimum Gasteiger partial charge on any atom is -0.396 e. The average molecular weight is 238 g/mol. The molecule has 0 fully saturated rings. The van der Waals surface area contributed by atoms with E-state index in [0.717, 1.165) is 5.01 Å². The maximum absolute atomic E-state index is 11.5. The van der Waals surface area contributed by atoms with E-state index in [-0.39, 0.29) is 12.5 Å². The lowest BCUT2D eigenvalue weighted by atomic mass is 10.5. The lowest BCUT2D eigenvalue weighted by Gasteiger charge is -2.00. The molecule has 8 heteroatoms. The summed E-state index contributed by atoms with van der Waals surface area (Å²) in [5.41, 5.74) is 6.00. The topological polar surface area (TPSA) is 98.7 Å². The Morgan fingerprint density at radius 1 is 1.62 bits per heavy atom. The average Bonchev–Trinajstić information content (AvgIpc) is 2.76. The molecule has 2 aromatic heterocycles. The molecular weight excluding hydrogens is 228 g/mol. The molecular formula is C8H10N6OS. The van der Waals surface area contributed by atoms with Gasteiger partial charge in [0.15, 0.2) is 0 Å². The third-order valence-electron chi connectivity index (χ3n) is 1.73. The van der Waals surface area contributed by atoms with Gasteiger partial charge in [-0.2, -0.15) is 5.10 Å². The van der Waals surface area contributed by atoms with Gasteiger partial charge in [0.1, 0.15) is 11.6 Å². The van der Waals surface area contributed by atoms with Crippen molar-refractivity contribution in [2.45, 2.75) is 13.5 Å². The number of carbonyl (C=O) groups excluding carboxylic acids is 1. The second-order valence-electron chi connectivity index (χ2n) is 3.15. The number of carbonyl (C=O) groups is 1. The summed E-state index contributed by atoms with van der Waals surface area (Å²) in [5.74, 6) is -0.209. The molecule has 0 saturated carbocycles. The third kappa shape index (κ3) is 2.54. The minimum atomic E-state index is -0.209. The van der Waals surface area contributed by atoms with Crippen molar-refractivity contribution in [2.75, 3.05) is 11.1 Å². The zero-order valence-corrected chi connectivity index (χ0v) is 9.36. The van der Waals surface area contributed by atoms with Crippen LogP contribution < -0.4 is 11.1 Å². The summed E-state index contributed by atoms with van der Waals surface area (Å²) in [5, 5.41) is 15.4. The smallest absolute Gasteiger partial charge is 0.247 e. The van der Waals surface area contributed by atoms with Crippen molar-refractivity contribution in [1.29, 1.82) is 0 Å². The summed E-state index contributed by atoms with van der Waals surface area (Å²) in [6.07, 6.45) is 3.08. The standard InChI is InChI=1S/C8H10N6OS/c1-5-12-13-8(16-5)11-7(15)4-14-3-6(9)2-10-14/h2-3H,4,9H2,1H3,(H,11,13,15). The van der Waals surface area contributed by atoms with Crippen LogP contribution in [0, 0.1) is 6.92 Å². The number of anilines is 2. The molecule has 0 atom stereocenters. The fourth-order valence-electron chi connectivity index (χ4n) is 1.12. The Balaban J connectivity index is 1.94. The fraction of sp³-hybridized carbons (Fsp3) is 0.250.